The fourth-order valence-electron chi connectivity index (χ4n) is 2.93. The van der Waals surface area contributed by atoms with Crippen LogP contribution in [0.4, 0.5) is 13.2 Å². The number of aliphatic hydroxyl groups is 1. The van der Waals surface area contributed by atoms with Crippen molar-refractivity contribution in [2.45, 2.75) is 24.7 Å². The van der Waals surface area contributed by atoms with Crippen LogP contribution in [0.1, 0.15) is 23.2 Å². The minimum Gasteiger partial charge on any atom is -0.384 e. The maximum absolute atomic E-state index is 12.5. The van der Waals surface area contributed by atoms with Gasteiger partial charge in [-0.2, -0.15) is 13.2 Å². The number of aromatic nitrogens is 1. The fourth-order valence-corrected chi connectivity index (χ4v) is 2.93. The van der Waals surface area contributed by atoms with E-state index in [1.165, 1.54) is 12.3 Å². The number of alkyl halides is 3. The van der Waals surface area contributed by atoms with Gasteiger partial charge in [0.1, 0.15) is 11.3 Å². The molecule has 122 valence electrons. The topological polar surface area (TPSA) is 36.4 Å². The Labute approximate surface area is 132 Å². The van der Waals surface area contributed by atoms with E-state index in [1.54, 1.807) is 0 Å². The van der Waals surface area contributed by atoms with Gasteiger partial charge in [0.2, 0.25) is 0 Å². The second-order valence-corrected chi connectivity index (χ2v) is 5.91. The first kappa shape index (κ1) is 16.0. The molecule has 1 aliphatic heterocycles. The van der Waals surface area contributed by atoms with Crippen LogP contribution in [0.25, 0.3) is 0 Å². The first-order valence-electron chi connectivity index (χ1n) is 7.39. The van der Waals surface area contributed by atoms with Crippen LogP contribution >= 0.6 is 0 Å². The summed E-state index contributed by atoms with van der Waals surface area (Å²) in [5, 5.41) is 10.8. The normalized spacial score (nSPS) is 22.4. The Balaban J connectivity index is 1.66. The summed E-state index contributed by atoms with van der Waals surface area (Å²) in [4.78, 5) is 5.50. The molecule has 1 atom stereocenters. The van der Waals surface area contributed by atoms with Gasteiger partial charge in [-0.15, -0.1) is 0 Å². The monoisotopic (exact) mass is 322 g/mol. The molecule has 2 heterocycles. The van der Waals surface area contributed by atoms with Crippen molar-refractivity contribution < 1.29 is 18.3 Å². The van der Waals surface area contributed by atoms with Crippen LogP contribution < -0.4 is 0 Å². The van der Waals surface area contributed by atoms with E-state index in [2.05, 4.69) is 4.98 Å². The zero-order valence-electron chi connectivity index (χ0n) is 12.4. The Hall–Kier alpha value is -1.92. The number of hydrogen-bond donors (Lipinski definition) is 1. The average molecular weight is 322 g/mol. The summed E-state index contributed by atoms with van der Waals surface area (Å²) in [7, 11) is 0. The van der Waals surface area contributed by atoms with E-state index in [9.17, 15) is 18.3 Å². The third kappa shape index (κ3) is 3.54. The molecule has 0 aliphatic carbocycles. The lowest BCUT2D eigenvalue weighted by Gasteiger charge is -2.24. The summed E-state index contributed by atoms with van der Waals surface area (Å²) in [5.41, 5.74) is -0.215. The molecule has 1 saturated heterocycles. The molecule has 1 aromatic heterocycles. The van der Waals surface area contributed by atoms with Gasteiger partial charge in [0.25, 0.3) is 0 Å². The molecule has 0 saturated carbocycles. The lowest BCUT2D eigenvalue weighted by Crippen LogP contribution is -2.30. The van der Waals surface area contributed by atoms with E-state index < -0.39 is 17.5 Å². The van der Waals surface area contributed by atoms with Gasteiger partial charge in [0.05, 0.1) is 0 Å². The van der Waals surface area contributed by atoms with Gasteiger partial charge < -0.3 is 5.11 Å². The van der Waals surface area contributed by atoms with Crippen molar-refractivity contribution in [1.82, 2.24) is 9.88 Å². The first-order valence-corrected chi connectivity index (χ1v) is 7.39. The van der Waals surface area contributed by atoms with Gasteiger partial charge in [-0.1, -0.05) is 36.4 Å². The average Bonchev–Trinajstić information content (AvgIpc) is 2.90. The van der Waals surface area contributed by atoms with Crippen molar-refractivity contribution in [1.29, 1.82) is 0 Å². The van der Waals surface area contributed by atoms with Gasteiger partial charge >= 0.3 is 6.18 Å². The van der Waals surface area contributed by atoms with Crippen LogP contribution in [-0.2, 0) is 18.3 Å². The Morgan fingerprint density at radius 2 is 1.87 bits per heavy atom. The maximum Gasteiger partial charge on any atom is 0.433 e. The maximum atomic E-state index is 12.5. The summed E-state index contributed by atoms with van der Waals surface area (Å²) < 4.78 is 37.5. The summed E-state index contributed by atoms with van der Waals surface area (Å²) in [6.07, 6.45) is -2.56. The second-order valence-electron chi connectivity index (χ2n) is 5.91. The van der Waals surface area contributed by atoms with Crippen molar-refractivity contribution in [2.24, 2.45) is 0 Å². The molecule has 6 heteroatoms. The van der Waals surface area contributed by atoms with Gasteiger partial charge in [-0.25, -0.2) is 0 Å². The molecular weight excluding hydrogens is 305 g/mol. The molecule has 1 unspecified atom stereocenters. The zero-order valence-corrected chi connectivity index (χ0v) is 12.4. The van der Waals surface area contributed by atoms with Crippen molar-refractivity contribution in [2.75, 3.05) is 13.1 Å². The first-order chi connectivity index (χ1) is 10.9. The van der Waals surface area contributed by atoms with E-state index in [4.69, 9.17) is 0 Å². The zero-order chi connectivity index (χ0) is 16.5. The molecule has 2 aromatic rings. The van der Waals surface area contributed by atoms with Crippen LogP contribution in [0.15, 0.2) is 48.7 Å². The molecule has 3 rings (SSSR count). The molecule has 1 aliphatic rings. The predicted octanol–water partition coefficient (Wildman–Crippen LogP) is 3.19. The molecular formula is C17H17F3N2O. The lowest BCUT2D eigenvalue weighted by molar-refractivity contribution is -0.141. The molecule has 0 spiro atoms. The third-order valence-corrected chi connectivity index (χ3v) is 4.16. The Morgan fingerprint density at radius 3 is 2.48 bits per heavy atom. The van der Waals surface area contributed by atoms with Crippen LogP contribution in [0, 0.1) is 0 Å². The largest absolute Gasteiger partial charge is 0.433 e. The Morgan fingerprint density at radius 1 is 1.13 bits per heavy atom. The highest BCUT2D eigenvalue weighted by Crippen LogP contribution is 2.32. The Bertz CT molecular complexity index is 658. The molecule has 0 amide bonds. The van der Waals surface area contributed by atoms with Gasteiger partial charge in [-0.05, 0) is 23.6 Å². The van der Waals surface area contributed by atoms with Gasteiger partial charge in [-0.3, -0.25) is 9.88 Å². The minimum absolute atomic E-state index is 0.456. The third-order valence-electron chi connectivity index (χ3n) is 4.16. The molecule has 23 heavy (non-hydrogen) atoms. The summed E-state index contributed by atoms with van der Waals surface area (Å²) >= 11 is 0. The minimum atomic E-state index is -4.42. The number of rotatable bonds is 3. The highest BCUT2D eigenvalue weighted by atomic mass is 19.4. The van der Waals surface area contributed by atoms with Crippen molar-refractivity contribution in [3.8, 4) is 0 Å². The molecule has 1 fully saturated rings. The van der Waals surface area contributed by atoms with Gasteiger partial charge in [0.15, 0.2) is 0 Å². The van der Waals surface area contributed by atoms with E-state index in [1.807, 2.05) is 35.2 Å². The smallest absolute Gasteiger partial charge is 0.384 e. The molecule has 0 bridgehead atoms. The fraction of sp³-hybridized carbons (Fsp3) is 0.353. The van der Waals surface area contributed by atoms with E-state index in [0.29, 0.717) is 31.6 Å². The molecule has 1 aromatic carbocycles. The number of likely N-dealkylation sites (tertiary alicyclic amines) is 1. The second kappa shape index (κ2) is 5.94. The standard InChI is InChI=1S/C17H17F3N2O/c18-17(19,20)15-7-6-13(10-21-15)11-22-9-8-16(23,12-22)14-4-2-1-3-5-14/h1-7,10,23H,8-9,11-12H2. The Kier molecular flexibility index (Phi) is 4.12. The van der Waals surface area contributed by atoms with Crippen LogP contribution in [0.3, 0.4) is 0 Å². The number of β-amino-alcohol motifs (C(OH)–C–C–N with tert-alkyl or cyclic N) is 1. The quantitative estimate of drug-likeness (QED) is 0.943. The van der Waals surface area contributed by atoms with E-state index in [-0.39, 0.29) is 0 Å². The molecule has 0 radical (unpaired) electrons. The summed E-state index contributed by atoms with van der Waals surface area (Å²) in [6.45, 7) is 1.62. The summed E-state index contributed by atoms with van der Waals surface area (Å²) in [6, 6.07) is 11.9. The van der Waals surface area contributed by atoms with E-state index in [0.717, 1.165) is 11.6 Å². The SMILES string of the molecule is OC1(c2ccccc2)CCN(Cc2ccc(C(F)(F)F)nc2)C1. The number of nitrogens with zero attached hydrogens (tertiary/aromatic N) is 2. The van der Waals surface area contributed by atoms with Crippen LogP contribution in [0.5, 0.6) is 0 Å². The van der Waals surface area contributed by atoms with Crippen LogP contribution in [0.2, 0.25) is 0 Å². The van der Waals surface area contributed by atoms with Crippen LogP contribution in [-0.4, -0.2) is 28.1 Å². The van der Waals surface area contributed by atoms with Crippen molar-refractivity contribution in [3.05, 3.63) is 65.5 Å². The van der Waals surface area contributed by atoms with E-state index >= 15 is 0 Å². The number of hydrogen-bond acceptors (Lipinski definition) is 3. The summed E-state index contributed by atoms with van der Waals surface area (Å²) in [5.74, 6) is 0. The highest BCUT2D eigenvalue weighted by Gasteiger charge is 2.37. The highest BCUT2D eigenvalue weighted by molar-refractivity contribution is 5.24. The number of benzene rings is 1. The number of pyridine rings is 1. The predicted molar refractivity (Wildman–Crippen MR) is 79.5 cm³/mol. The van der Waals surface area contributed by atoms with Gasteiger partial charge in [0, 0.05) is 25.8 Å². The van der Waals surface area contributed by atoms with Crippen molar-refractivity contribution >= 4 is 0 Å². The number of halogens is 3. The molecule has 3 nitrogen and oxygen atoms in total. The molecule has 1 N–H and O–H groups in total. The van der Waals surface area contributed by atoms with Crippen molar-refractivity contribution in [3.63, 3.8) is 0 Å². The lowest BCUT2D eigenvalue weighted by atomic mass is 9.93.